The van der Waals surface area contributed by atoms with Gasteiger partial charge in [0.1, 0.15) is 6.61 Å². The summed E-state index contributed by atoms with van der Waals surface area (Å²) in [5.74, 6) is 1.78. The van der Waals surface area contributed by atoms with Crippen molar-refractivity contribution in [2.75, 3.05) is 0 Å². The molecule has 1 aliphatic rings. The predicted molar refractivity (Wildman–Crippen MR) is 73.7 cm³/mol. The molecule has 1 fully saturated rings. The first-order valence-electron chi connectivity index (χ1n) is 7.15. The fourth-order valence-corrected chi connectivity index (χ4v) is 2.64. The third-order valence-electron chi connectivity index (χ3n) is 3.71. The molecule has 0 saturated heterocycles. The molecular formula is C15H19N3O2. The van der Waals surface area contributed by atoms with E-state index >= 15 is 0 Å². The molecule has 0 radical (unpaired) electrons. The number of hydrogen-bond acceptors (Lipinski definition) is 5. The van der Waals surface area contributed by atoms with Crippen LogP contribution in [0.2, 0.25) is 0 Å². The van der Waals surface area contributed by atoms with E-state index in [1.54, 1.807) is 12.4 Å². The Hall–Kier alpha value is -1.75. The Morgan fingerprint density at radius 3 is 3.10 bits per heavy atom. The van der Waals surface area contributed by atoms with Gasteiger partial charge < -0.3 is 9.15 Å². The van der Waals surface area contributed by atoms with Crippen molar-refractivity contribution in [3.05, 3.63) is 30.4 Å². The van der Waals surface area contributed by atoms with Crippen molar-refractivity contribution in [1.29, 1.82) is 0 Å². The van der Waals surface area contributed by atoms with Gasteiger partial charge in [0.25, 0.3) is 0 Å². The summed E-state index contributed by atoms with van der Waals surface area (Å²) < 4.78 is 11.5. The molecular weight excluding hydrogens is 254 g/mol. The van der Waals surface area contributed by atoms with Crippen LogP contribution in [0.4, 0.5) is 0 Å². The van der Waals surface area contributed by atoms with Gasteiger partial charge in [-0.2, -0.15) is 0 Å². The summed E-state index contributed by atoms with van der Waals surface area (Å²) in [6.45, 7) is 2.67. The van der Waals surface area contributed by atoms with Gasteiger partial charge >= 0.3 is 0 Å². The summed E-state index contributed by atoms with van der Waals surface area (Å²) in [6.07, 6.45) is 8.57. The normalized spacial score (nSPS) is 22.9. The van der Waals surface area contributed by atoms with Crippen LogP contribution in [0.1, 0.15) is 38.5 Å². The van der Waals surface area contributed by atoms with Crippen molar-refractivity contribution in [3.63, 3.8) is 0 Å². The lowest BCUT2D eigenvalue weighted by Crippen LogP contribution is -2.21. The number of rotatable bonds is 4. The van der Waals surface area contributed by atoms with Crippen LogP contribution in [0.3, 0.4) is 0 Å². The third-order valence-corrected chi connectivity index (χ3v) is 3.71. The molecule has 0 N–H and O–H groups in total. The van der Waals surface area contributed by atoms with E-state index in [1.165, 1.54) is 12.8 Å². The number of ether oxygens (including phenoxy) is 1. The molecule has 5 heteroatoms. The van der Waals surface area contributed by atoms with Gasteiger partial charge in [0.2, 0.25) is 11.8 Å². The Bertz CT molecular complexity index is 541. The van der Waals surface area contributed by atoms with Gasteiger partial charge in [-0.3, -0.25) is 4.98 Å². The summed E-state index contributed by atoms with van der Waals surface area (Å²) >= 11 is 0. The highest BCUT2D eigenvalue weighted by molar-refractivity contribution is 5.49. The van der Waals surface area contributed by atoms with E-state index in [-0.39, 0.29) is 0 Å². The van der Waals surface area contributed by atoms with Crippen molar-refractivity contribution in [2.45, 2.75) is 45.3 Å². The summed E-state index contributed by atoms with van der Waals surface area (Å²) in [5, 5.41) is 8.06. The van der Waals surface area contributed by atoms with Crippen LogP contribution in [0.15, 0.2) is 28.9 Å². The standard InChI is InChI=1S/C15H19N3O2/c1-11-4-2-6-13(8-11)19-10-14-17-18-15(20-14)12-5-3-7-16-9-12/h3,5,7,9,11,13H,2,4,6,8,10H2,1H3/t11-,13+/m0/s1. The molecule has 2 aromatic rings. The van der Waals surface area contributed by atoms with E-state index in [0.29, 0.717) is 24.5 Å². The van der Waals surface area contributed by atoms with Crippen LogP contribution in [-0.4, -0.2) is 21.3 Å². The molecule has 106 valence electrons. The number of nitrogens with zero attached hydrogens (tertiary/aromatic N) is 3. The Morgan fingerprint density at radius 1 is 1.35 bits per heavy atom. The molecule has 3 rings (SSSR count). The maximum Gasteiger partial charge on any atom is 0.249 e. The zero-order valence-corrected chi connectivity index (χ0v) is 11.7. The number of aromatic nitrogens is 3. The third kappa shape index (κ3) is 3.22. The second-order valence-electron chi connectivity index (χ2n) is 5.45. The van der Waals surface area contributed by atoms with E-state index in [4.69, 9.17) is 9.15 Å². The molecule has 1 saturated carbocycles. The average molecular weight is 273 g/mol. The first kappa shape index (κ1) is 13.2. The minimum Gasteiger partial charge on any atom is -0.418 e. The summed E-state index contributed by atoms with van der Waals surface area (Å²) in [7, 11) is 0. The van der Waals surface area contributed by atoms with Gasteiger partial charge in [-0.15, -0.1) is 10.2 Å². The Morgan fingerprint density at radius 2 is 2.30 bits per heavy atom. The van der Waals surface area contributed by atoms with E-state index in [1.807, 2.05) is 12.1 Å². The molecule has 20 heavy (non-hydrogen) atoms. The van der Waals surface area contributed by atoms with Crippen molar-refractivity contribution in [1.82, 2.24) is 15.2 Å². The second-order valence-corrected chi connectivity index (χ2v) is 5.45. The molecule has 0 bridgehead atoms. The zero-order chi connectivity index (χ0) is 13.8. The van der Waals surface area contributed by atoms with Crippen LogP contribution < -0.4 is 0 Å². The monoisotopic (exact) mass is 273 g/mol. The van der Waals surface area contributed by atoms with Crippen LogP contribution in [-0.2, 0) is 11.3 Å². The SMILES string of the molecule is C[C@H]1CCC[C@@H](OCc2nnc(-c3cccnc3)o2)C1. The fraction of sp³-hybridized carbons (Fsp3) is 0.533. The predicted octanol–water partition coefficient (Wildman–Crippen LogP) is 3.23. The molecule has 2 aromatic heterocycles. The highest BCUT2D eigenvalue weighted by Gasteiger charge is 2.20. The maximum atomic E-state index is 5.88. The largest absolute Gasteiger partial charge is 0.418 e. The average Bonchev–Trinajstić information content (AvgIpc) is 2.95. The van der Waals surface area contributed by atoms with Gasteiger partial charge in [-0.25, -0.2) is 0 Å². The van der Waals surface area contributed by atoms with Crippen LogP contribution in [0, 0.1) is 5.92 Å². The van der Waals surface area contributed by atoms with E-state index < -0.39 is 0 Å². The molecule has 0 unspecified atom stereocenters. The summed E-state index contributed by atoms with van der Waals surface area (Å²) in [4.78, 5) is 4.04. The van der Waals surface area contributed by atoms with Crippen molar-refractivity contribution >= 4 is 0 Å². The molecule has 0 aromatic carbocycles. The smallest absolute Gasteiger partial charge is 0.249 e. The van der Waals surface area contributed by atoms with Gasteiger partial charge in [0.05, 0.1) is 11.7 Å². The van der Waals surface area contributed by atoms with Crippen LogP contribution in [0.5, 0.6) is 0 Å². The number of pyridine rings is 1. The van der Waals surface area contributed by atoms with Crippen molar-refractivity contribution in [2.24, 2.45) is 5.92 Å². The molecule has 0 amide bonds. The molecule has 5 nitrogen and oxygen atoms in total. The minimum absolute atomic E-state index is 0.326. The van der Waals surface area contributed by atoms with Crippen LogP contribution >= 0.6 is 0 Å². The molecule has 0 spiro atoms. The molecule has 2 heterocycles. The fourth-order valence-electron chi connectivity index (χ4n) is 2.64. The van der Waals surface area contributed by atoms with Crippen molar-refractivity contribution < 1.29 is 9.15 Å². The lowest BCUT2D eigenvalue weighted by Gasteiger charge is -2.26. The summed E-state index contributed by atoms with van der Waals surface area (Å²) in [6, 6.07) is 3.74. The molecule has 1 aliphatic carbocycles. The molecule has 0 aliphatic heterocycles. The second kappa shape index (κ2) is 6.13. The number of hydrogen-bond donors (Lipinski definition) is 0. The van der Waals surface area contributed by atoms with Gasteiger partial charge in [-0.1, -0.05) is 19.8 Å². The lowest BCUT2D eigenvalue weighted by atomic mass is 9.89. The Labute approximate surface area is 118 Å². The quantitative estimate of drug-likeness (QED) is 0.855. The Kier molecular flexibility index (Phi) is 4.06. The van der Waals surface area contributed by atoms with Crippen molar-refractivity contribution in [3.8, 4) is 11.5 Å². The van der Waals surface area contributed by atoms with E-state index in [0.717, 1.165) is 24.3 Å². The first-order chi connectivity index (χ1) is 9.81. The van der Waals surface area contributed by atoms with Gasteiger partial charge in [-0.05, 0) is 30.9 Å². The first-order valence-corrected chi connectivity index (χ1v) is 7.15. The minimum atomic E-state index is 0.326. The van der Waals surface area contributed by atoms with Gasteiger partial charge in [0.15, 0.2) is 0 Å². The van der Waals surface area contributed by atoms with Gasteiger partial charge in [0, 0.05) is 12.4 Å². The van der Waals surface area contributed by atoms with E-state index in [9.17, 15) is 0 Å². The molecule has 2 atom stereocenters. The maximum absolute atomic E-state index is 5.88. The van der Waals surface area contributed by atoms with Crippen LogP contribution in [0.25, 0.3) is 11.5 Å². The topological polar surface area (TPSA) is 61.0 Å². The lowest BCUT2D eigenvalue weighted by molar-refractivity contribution is -0.00444. The highest BCUT2D eigenvalue weighted by Crippen LogP contribution is 2.26. The highest BCUT2D eigenvalue weighted by atomic mass is 16.5. The summed E-state index contributed by atoms with van der Waals surface area (Å²) in [5.41, 5.74) is 0.831. The zero-order valence-electron chi connectivity index (χ0n) is 11.7. The Balaban J connectivity index is 1.58. The van der Waals surface area contributed by atoms with E-state index in [2.05, 4.69) is 22.1 Å².